The van der Waals surface area contributed by atoms with E-state index in [0.29, 0.717) is 17.1 Å². The van der Waals surface area contributed by atoms with Crippen LogP contribution in [0.2, 0.25) is 0 Å². The molecule has 1 aromatic carbocycles. The molecule has 0 aliphatic heterocycles. The average Bonchev–Trinajstić information content (AvgIpc) is 2.95. The molecule has 1 unspecified atom stereocenters. The first-order valence-electron chi connectivity index (χ1n) is 8.34. The van der Waals surface area contributed by atoms with E-state index in [1.54, 1.807) is 49.2 Å². The number of benzene rings is 1. The van der Waals surface area contributed by atoms with Gasteiger partial charge in [-0.15, -0.1) is 0 Å². The quantitative estimate of drug-likeness (QED) is 0.695. The van der Waals surface area contributed by atoms with Crippen molar-refractivity contribution in [2.45, 2.75) is 20.0 Å². The van der Waals surface area contributed by atoms with Crippen LogP contribution in [0.4, 0.5) is 5.69 Å². The zero-order valence-corrected chi connectivity index (χ0v) is 15.5. The van der Waals surface area contributed by atoms with Gasteiger partial charge < -0.3 is 14.8 Å². The third kappa shape index (κ3) is 3.89. The summed E-state index contributed by atoms with van der Waals surface area (Å²) in [5, 5.41) is 7.72. The SMILES string of the molecule is COc1cccc(NC(=O)C(C)OC(=O)c2cnc3c(c2)c(C)nn3C)c1. The highest BCUT2D eigenvalue weighted by atomic mass is 16.5. The lowest BCUT2D eigenvalue weighted by Crippen LogP contribution is -2.30. The molecule has 2 aromatic heterocycles. The van der Waals surface area contributed by atoms with Crippen molar-refractivity contribution in [2.75, 3.05) is 12.4 Å². The van der Waals surface area contributed by atoms with Gasteiger partial charge in [0.25, 0.3) is 5.91 Å². The number of amides is 1. The molecule has 1 N–H and O–H groups in total. The van der Waals surface area contributed by atoms with E-state index in [2.05, 4.69) is 15.4 Å². The Kier molecular flexibility index (Phi) is 5.07. The van der Waals surface area contributed by atoms with Crippen molar-refractivity contribution >= 4 is 28.6 Å². The second-order valence-electron chi connectivity index (χ2n) is 6.07. The highest BCUT2D eigenvalue weighted by molar-refractivity contribution is 5.98. The lowest BCUT2D eigenvalue weighted by molar-refractivity contribution is -0.123. The van der Waals surface area contributed by atoms with Gasteiger partial charge in [0.15, 0.2) is 11.8 Å². The molecule has 0 aliphatic rings. The molecule has 8 heteroatoms. The Bertz CT molecular complexity index is 1010. The smallest absolute Gasteiger partial charge is 0.340 e. The monoisotopic (exact) mass is 368 g/mol. The van der Waals surface area contributed by atoms with Crippen LogP contribution in [0.3, 0.4) is 0 Å². The number of ether oxygens (including phenoxy) is 2. The van der Waals surface area contributed by atoms with Crippen LogP contribution in [0.15, 0.2) is 36.5 Å². The number of pyridine rings is 1. The fourth-order valence-corrected chi connectivity index (χ4v) is 2.65. The van der Waals surface area contributed by atoms with Crippen molar-refractivity contribution in [1.82, 2.24) is 14.8 Å². The predicted octanol–water partition coefficient (Wildman–Crippen LogP) is 2.47. The van der Waals surface area contributed by atoms with E-state index in [4.69, 9.17) is 9.47 Å². The predicted molar refractivity (Wildman–Crippen MR) is 99.7 cm³/mol. The zero-order chi connectivity index (χ0) is 19.6. The Hall–Kier alpha value is -3.42. The summed E-state index contributed by atoms with van der Waals surface area (Å²) < 4.78 is 12.0. The molecule has 8 nitrogen and oxygen atoms in total. The van der Waals surface area contributed by atoms with Gasteiger partial charge in [-0.05, 0) is 32.0 Å². The molecule has 3 rings (SSSR count). The minimum atomic E-state index is -0.977. The van der Waals surface area contributed by atoms with Gasteiger partial charge in [0.2, 0.25) is 0 Å². The fourth-order valence-electron chi connectivity index (χ4n) is 2.65. The minimum absolute atomic E-state index is 0.264. The minimum Gasteiger partial charge on any atom is -0.497 e. The first-order valence-corrected chi connectivity index (χ1v) is 8.34. The van der Waals surface area contributed by atoms with E-state index in [9.17, 15) is 9.59 Å². The number of methoxy groups -OCH3 is 1. The maximum absolute atomic E-state index is 12.4. The lowest BCUT2D eigenvalue weighted by Gasteiger charge is -2.14. The molecule has 0 saturated carbocycles. The first kappa shape index (κ1) is 18.4. The van der Waals surface area contributed by atoms with E-state index in [-0.39, 0.29) is 5.56 Å². The van der Waals surface area contributed by atoms with E-state index in [1.165, 1.54) is 13.1 Å². The van der Waals surface area contributed by atoms with Crippen LogP contribution in [0.25, 0.3) is 11.0 Å². The molecule has 140 valence electrons. The molecule has 0 saturated heterocycles. The molecule has 0 bridgehead atoms. The third-order valence-electron chi connectivity index (χ3n) is 4.09. The van der Waals surface area contributed by atoms with Crippen molar-refractivity contribution in [1.29, 1.82) is 0 Å². The highest BCUT2D eigenvalue weighted by Gasteiger charge is 2.20. The van der Waals surface area contributed by atoms with Crippen molar-refractivity contribution in [2.24, 2.45) is 7.05 Å². The summed E-state index contributed by atoms with van der Waals surface area (Å²) in [6.45, 7) is 3.35. The van der Waals surface area contributed by atoms with Gasteiger partial charge in [-0.25, -0.2) is 9.78 Å². The summed E-state index contributed by atoms with van der Waals surface area (Å²) in [6.07, 6.45) is 0.438. The molecular formula is C19H20N4O4. The van der Waals surface area contributed by atoms with Gasteiger partial charge in [0.05, 0.1) is 18.4 Å². The number of hydrogen-bond donors (Lipinski definition) is 1. The molecular weight excluding hydrogens is 348 g/mol. The van der Waals surface area contributed by atoms with E-state index >= 15 is 0 Å². The summed E-state index contributed by atoms with van der Waals surface area (Å²) in [6, 6.07) is 8.58. The average molecular weight is 368 g/mol. The molecule has 3 aromatic rings. The number of aryl methyl sites for hydroxylation is 2. The number of nitrogens with zero attached hydrogens (tertiary/aromatic N) is 3. The van der Waals surface area contributed by atoms with Gasteiger partial charge in [-0.1, -0.05) is 6.07 Å². The topological polar surface area (TPSA) is 95.3 Å². The standard InChI is InChI=1S/C19H20N4O4/c1-11-16-8-13(10-20-17(16)23(3)22-11)19(25)27-12(2)18(24)21-14-6-5-7-15(9-14)26-4/h5-10,12H,1-4H3,(H,21,24). The molecule has 2 heterocycles. The van der Waals surface area contributed by atoms with Crippen molar-refractivity contribution in [3.63, 3.8) is 0 Å². The summed E-state index contributed by atoms with van der Waals surface area (Å²) in [4.78, 5) is 28.9. The van der Waals surface area contributed by atoms with Gasteiger partial charge in [-0.3, -0.25) is 9.48 Å². The number of rotatable bonds is 5. The van der Waals surface area contributed by atoms with Crippen LogP contribution in [-0.4, -0.2) is 39.9 Å². The number of hydrogen-bond acceptors (Lipinski definition) is 6. The maximum atomic E-state index is 12.4. The van der Waals surface area contributed by atoms with Crippen LogP contribution in [0, 0.1) is 6.92 Å². The van der Waals surface area contributed by atoms with Crippen LogP contribution < -0.4 is 10.1 Å². The van der Waals surface area contributed by atoms with Crippen molar-refractivity contribution < 1.29 is 19.1 Å². The molecule has 0 fully saturated rings. The van der Waals surface area contributed by atoms with E-state index in [1.807, 2.05) is 6.92 Å². The van der Waals surface area contributed by atoms with Crippen molar-refractivity contribution in [3.05, 3.63) is 47.8 Å². The number of carbonyl (C=O) groups excluding carboxylic acids is 2. The van der Waals surface area contributed by atoms with Crippen molar-refractivity contribution in [3.8, 4) is 5.75 Å². The van der Waals surface area contributed by atoms with Crippen LogP contribution in [0.5, 0.6) is 5.75 Å². The summed E-state index contributed by atoms with van der Waals surface area (Å²) in [5.41, 5.74) is 2.25. The Morgan fingerprint density at radius 3 is 2.78 bits per heavy atom. The Labute approximate surface area is 156 Å². The molecule has 0 spiro atoms. The number of anilines is 1. The maximum Gasteiger partial charge on any atom is 0.340 e. The van der Waals surface area contributed by atoms with Crippen LogP contribution in [-0.2, 0) is 16.6 Å². The van der Waals surface area contributed by atoms with Crippen LogP contribution in [0.1, 0.15) is 23.0 Å². The first-order chi connectivity index (χ1) is 12.9. The number of carbonyl (C=O) groups is 2. The fraction of sp³-hybridized carbons (Fsp3) is 0.263. The number of aromatic nitrogens is 3. The van der Waals surface area contributed by atoms with Gasteiger partial charge >= 0.3 is 5.97 Å². The highest BCUT2D eigenvalue weighted by Crippen LogP contribution is 2.19. The lowest BCUT2D eigenvalue weighted by atomic mass is 10.2. The second-order valence-corrected chi connectivity index (χ2v) is 6.07. The Morgan fingerprint density at radius 1 is 1.26 bits per heavy atom. The third-order valence-corrected chi connectivity index (χ3v) is 4.09. The number of fused-ring (bicyclic) bond motifs is 1. The Morgan fingerprint density at radius 2 is 2.04 bits per heavy atom. The molecule has 1 atom stereocenters. The Balaban J connectivity index is 1.69. The number of nitrogens with one attached hydrogen (secondary N) is 1. The largest absolute Gasteiger partial charge is 0.497 e. The summed E-state index contributed by atoms with van der Waals surface area (Å²) in [5.74, 6) is -0.451. The zero-order valence-electron chi connectivity index (χ0n) is 15.5. The molecule has 1 amide bonds. The van der Waals surface area contributed by atoms with Gasteiger partial charge in [0.1, 0.15) is 5.75 Å². The van der Waals surface area contributed by atoms with Gasteiger partial charge in [-0.2, -0.15) is 5.10 Å². The normalized spacial score (nSPS) is 11.9. The number of esters is 1. The molecule has 0 aliphatic carbocycles. The summed E-state index contributed by atoms with van der Waals surface area (Å²) in [7, 11) is 3.32. The van der Waals surface area contributed by atoms with Crippen LogP contribution >= 0.6 is 0 Å². The second kappa shape index (κ2) is 7.45. The molecule has 0 radical (unpaired) electrons. The van der Waals surface area contributed by atoms with E-state index in [0.717, 1.165) is 11.1 Å². The summed E-state index contributed by atoms with van der Waals surface area (Å²) >= 11 is 0. The molecule has 27 heavy (non-hydrogen) atoms. The van der Waals surface area contributed by atoms with Gasteiger partial charge in [0, 0.05) is 30.4 Å². The van der Waals surface area contributed by atoms with E-state index < -0.39 is 18.0 Å².